The third-order valence-corrected chi connectivity index (χ3v) is 5.49. The number of aromatic nitrogens is 2. The Morgan fingerprint density at radius 1 is 1.56 bits per heavy atom. The van der Waals surface area contributed by atoms with Gasteiger partial charge < -0.3 is 0 Å². The lowest BCUT2D eigenvalue weighted by Gasteiger charge is -2.37. The number of anilines is 1. The minimum atomic E-state index is -3.39. The molecule has 0 bridgehead atoms. The van der Waals surface area contributed by atoms with Gasteiger partial charge in [0.15, 0.2) is 14.6 Å². The van der Waals surface area contributed by atoms with Crippen molar-refractivity contribution in [3.63, 3.8) is 0 Å². The van der Waals surface area contributed by atoms with Gasteiger partial charge in [0.1, 0.15) is 5.51 Å². The zero-order chi connectivity index (χ0) is 11.8. The average molecular weight is 261 g/mol. The molecule has 1 aliphatic carbocycles. The van der Waals surface area contributed by atoms with Crippen LogP contribution in [0.4, 0.5) is 5.13 Å². The van der Waals surface area contributed by atoms with E-state index in [0.717, 1.165) is 24.0 Å². The van der Waals surface area contributed by atoms with E-state index in [1.807, 2.05) is 0 Å². The summed E-state index contributed by atoms with van der Waals surface area (Å²) < 4.78 is 22.0. The molecular formula is C8H11N3O3S2. The van der Waals surface area contributed by atoms with Crippen molar-refractivity contribution in [3.05, 3.63) is 5.51 Å². The van der Waals surface area contributed by atoms with Crippen molar-refractivity contribution in [1.82, 2.24) is 10.2 Å². The van der Waals surface area contributed by atoms with Crippen LogP contribution in [0, 0.1) is 0 Å². The van der Waals surface area contributed by atoms with Crippen LogP contribution in [0.3, 0.4) is 0 Å². The number of nitrogens with zero attached hydrogens (tertiary/aromatic N) is 2. The molecule has 1 N–H and O–H groups in total. The van der Waals surface area contributed by atoms with Crippen molar-refractivity contribution in [2.75, 3.05) is 11.6 Å². The molecule has 0 aliphatic heterocycles. The smallest absolute Gasteiger partial charge is 0.247 e. The molecule has 0 unspecified atom stereocenters. The largest absolute Gasteiger partial charge is 0.299 e. The highest BCUT2D eigenvalue weighted by molar-refractivity contribution is 7.93. The topological polar surface area (TPSA) is 89.0 Å². The van der Waals surface area contributed by atoms with Gasteiger partial charge in [-0.1, -0.05) is 11.3 Å². The molecule has 0 aromatic carbocycles. The summed E-state index contributed by atoms with van der Waals surface area (Å²) in [4.78, 5) is 11.9. The minimum absolute atomic E-state index is 0.333. The third kappa shape index (κ3) is 1.71. The van der Waals surface area contributed by atoms with Crippen molar-refractivity contribution >= 4 is 32.2 Å². The monoisotopic (exact) mass is 261 g/mol. The van der Waals surface area contributed by atoms with E-state index in [4.69, 9.17) is 0 Å². The lowest BCUT2D eigenvalue weighted by molar-refractivity contribution is -0.120. The molecule has 0 atom stereocenters. The molecule has 1 aromatic rings. The highest BCUT2D eigenvalue weighted by atomic mass is 32.2. The van der Waals surface area contributed by atoms with E-state index in [2.05, 4.69) is 15.5 Å². The molecule has 0 radical (unpaired) electrons. The lowest BCUT2D eigenvalue weighted by atomic mass is 9.83. The van der Waals surface area contributed by atoms with E-state index in [1.54, 1.807) is 0 Å². The van der Waals surface area contributed by atoms with Gasteiger partial charge in [-0.2, -0.15) is 0 Å². The average Bonchev–Trinajstić information content (AvgIpc) is 2.50. The van der Waals surface area contributed by atoms with Crippen molar-refractivity contribution in [2.24, 2.45) is 0 Å². The number of sulfone groups is 1. The number of nitrogens with one attached hydrogen (secondary N) is 1. The van der Waals surface area contributed by atoms with Crippen LogP contribution in [0.2, 0.25) is 0 Å². The molecule has 1 aliphatic rings. The Kier molecular flexibility index (Phi) is 2.70. The van der Waals surface area contributed by atoms with Crippen molar-refractivity contribution in [1.29, 1.82) is 0 Å². The standard InChI is InChI=1S/C8H11N3O3S2/c1-16(13,14)8(3-2-4-8)6(12)10-7-11-9-5-15-7/h5H,2-4H2,1H3,(H,10,11,12). The zero-order valence-electron chi connectivity index (χ0n) is 8.63. The molecule has 1 fully saturated rings. The molecule has 2 rings (SSSR count). The van der Waals surface area contributed by atoms with Crippen LogP contribution < -0.4 is 5.32 Å². The molecule has 8 heteroatoms. The van der Waals surface area contributed by atoms with Crippen molar-refractivity contribution < 1.29 is 13.2 Å². The van der Waals surface area contributed by atoms with E-state index in [-0.39, 0.29) is 0 Å². The number of hydrogen-bond acceptors (Lipinski definition) is 6. The van der Waals surface area contributed by atoms with Crippen LogP contribution in [0.25, 0.3) is 0 Å². The van der Waals surface area contributed by atoms with Gasteiger partial charge in [0.2, 0.25) is 11.0 Å². The Labute approximate surface area is 97.0 Å². The zero-order valence-corrected chi connectivity index (χ0v) is 10.3. The Morgan fingerprint density at radius 3 is 2.62 bits per heavy atom. The van der Waals surface area contributed by atoms with E-state index in [9.17, 15) is 13.2 Å². The first kappa shape index (κ1) is 11.5. The van der Waals surface area contributed by atoms with E-state index in [1.165, 1.54) is 5.51 Å². The molecule has 1 heterocycles. The quantitative estimate of drug-likeness (QED) is 0.853. The number of carbonyl (C=O) groups excluding carboxylic acids is 1. The Bertz CT molecular complexity index is 491. The van der Waals surface area contributed by atoms with Crippen LogP contribution in [0.15, 0.2) is 5.51 Å². The summed E-state index contributed by atoms with van der Waals surface area (Å²) >= 11 is 1.16. The van der Waals surface area contributed by atoms with E-state index >= 15 is 0 Å². The van der Waals surface area contributed by atoms with Crippen LogP contribution in [-0.4, -0.2) is 35.5 Å². The summed E-state index contributed by atoms with van der Waals surface area (Å²) in [5, 5.41) is 10.1. The summed E-state index contributed by atoms with van der Waals surface area (Å²) in [6.45, 7) is 0. The number of amides is 1. The third-order valence-electron chi connectivity index (χ3n) is 2.87. The highest BCUT2D eigenvalue weighted by Gasteiger charge is 2.53. The molecule has 16 heavy (non-hydrogen) atoms. The number of hydrogen-bond donors (Lipinski definition) is 1. The molecule has 88 valence electrons. The SMILES string of the molecule is CS(=O)(=O)C1(C(=O)Nc2nncs2)CCC1. The van der Waals surface area contributed by atoms with Crippen LogP contribution in [-0.2, 0) is 14.6 Å². The van der Waals surface area contributed by atoms with E-state index in [0.29, 0.717) is 18.0 Å². The lowest BCUT2D eigenvalue weighted by Crippen LogP contribution is -2.54. The Morgan fingerprint density at radius 2 is 2.25 bits per heavy atom. The maximum absolute atomic E-state index is 11.9. The van der Waals surface area contributed by atoms with Gasteiger partial charge in [0, 0.05) is 6.26 Å². The second-order valence-electron chi connectivity index (χ2n) is 3.82. The normalized spacial score (nSPS) is 18.8. The van der Waals surface area contributed by atoms with Gasteiger partial charge in [-0.3, -0.25) is 10.1 Å². The fourth-order valence-corrected chi connectivity index (χ4v) is 3.56. The van der Waals surface area contributed by atoms with E-state index < -0.39 is 20.5 Å². The minimum Gasteiger partial charge on any atom is -0.299 e. The number of carbonyl (C=O) groups is 1. The second-order valence-corrected chi connectivity index (χ2v) is 6.98. The molecule has 1 saturated carbocycles. The first-order valence-electron chi connectivity index (χ1n) is 4.73. The summed E-state index contributed by atoms with van der Waals surface area (Å²) in [5.41, 5.74) is 1.48. The second kappa shape index (κ2) is 3.77. The van der Waals surface area contributed by atoms with Gasteiger partial charge in [0.25, 0.3) is 0 Å². The maximum atomic E-state index is 11.9. The summed E-state index contributed by atoms with van der Waals surface area (Å²) in [6.07, 6.45) is 2.63. The summed E-state index contributed by atoms with van der Waals surface area (Å²) in [6, 6.07) is 0. The Hall–Kier alpha value is -1.02. The predicted molar refractivity (Wildman–Crippen MR) is 60.0 cm³/mol. The molecule has 0 spiro atoms. The van der Waals surface area contributed by atoms with Crippen LogP contribution in [0.1, 0.15) is 19.3 Å². The van der Waals surface area contributed by atoms with Gasteiger partial charge >= 0.3 is 0 Å². The van der Waals surface area contributed by atoms with Crippen LogP contribution >= 0.6 is 11.3 Å². The molecule has 1 amide bonds. The van der Waals surface area contributed by atoms with Crippen LogP contribution in [0.5, 0.6) is 0 Å². The van der Waals surface area contributed by atoms with Gasteiger partial charge in [-0.25, -0.2) is 8.42 Å². The molecular weight excluding hydrogens is 250 g/mol. The van der Waals surface area contributed by atoms with Gasteiger partial charge in [0.05, 0.1) is 0 Å². The summed E-state index contributed by atoms with van der Waals surface area (Å²) in [5.74, 6) is -0.488. The first-order chi connectivity index (χ1) is 7.46. The number of rotatable bonds is 3. The summed E-state index contributed by atoms with van der Waals surface area (Å²) in [7, 11) is -3.39. The highest BCUT2D eigenvalue weighted by Crippen LogP contribution is 2.39. The first-order valence-corrected chi connectivity index (χ1v) is 7.50. The fourth-order valence-electron chi connectivity index (χ4n) is 1.70. The van der Waals surface area contributed by atoms with Crippen molar-refractivity contribution in [2.45, 2.75) is 24.0 Å². The van der Waals surface area contributed by atoms with Gasteiger partial charge in [-0.15, -0.1) is 10.2 Å². The molecule has 0 saturated heterocycles. The van der Waals surface area contributed by atoms with Crippen molar-refractivity contribution in [3.8, 4) is 0 Å². The Balaban J connectivity index is 2.20. The predicted octanol–water partition coefficient (Wildman–Crippen LogP) is 0.444. The molecule has 6 nitrogen and oxygen atoms in total. The van der Waals surface area contributed by atoms with Gasteiger partial charge in [-0.05, 0) is 19.3 Å². The fraction of sp³-hybridized carbons (Fsp3) is 0.625. The molecule has 1 aromatic heterocycles. The maximum Gasteiger partial charge on any atom is 0.247 e.